The van der Waals surface area contributed by atoms with Gasteiger partial charge in [-0.3, -0.25) is 9.59 Å². The molecule has 0 saturated heterocycles. The van der Waals surface area contributed by atoms with Crippen LogP contribution in [0.15, 0.2) is 80.8 Å². The molecule has 4 rings (SSSR count). The molecule has 0 spiro atoms. The van der Waals surface area contributed by atoms with E-state index in [1.165, 1.54) is 0 Å². The summed E-state index contributed by atoms with van der Waals surface area (Å²) in [4.78, 5) is 28.7. The molecule has 0 saturated carbocycles. The molecule has 2 aromatic rings. The van der Waals surface area contributed by atoms with Gasteiger partial charge in [0.1, 0.15) is 0 Å². The molecule has 2 N–H and O–H groups in total. The van der Waals surface area contributed by atoms with Crippen LogP contribution in [0.2, 0.25) is 0 Å². The topological polar surface area (TPSA) is 122 Å². The van der Waals surface area contributed by atoms with Gasteiger partial charge in [0.15, 0.2) is 5.82 Å². The summed E-state index contributed by atoms with van der Waals surface area (Å²) < 4.78 is 5.30. The zero-order valence-electron chi connectivity index (χ0n) is 19.3. The van der Waals surface area contributed by atoms with Crippen LogP contribution in [0.1, 0.15) is 32.6 Å². The SMILES string of the molecule is CC(C)(CNC(=O)CCCc1nc(-c2ccccc2)no1)CNC1=C2C=CC=CC2C(=O)N=N1. The highest BCUT2D eigenvalue weighted by Crippen LogP contribution is 2.28. The molecule has 1 unspecified atom stereocenters. The summed E-state index contributed by atoms with van der Waals surface area (Å²) >= 11 is 0. The molecule has 1 atom stereocenters. The Morgan fingerprint density at radius 1 is 1.12 bits per heavy atom. The number of carbonyl (C=O) groups excluding carboxylic acids is 2. The largest absolute Gasteiger partial charge is 0.368 e. The van der Waals surface area contributed by atoms with E-state index < -0.39 is 0 Å². The molecule has 9 nitrogen and oxygen atoms in total. The maximum Gasteiger partial charge on any atom is 0.276 e. The van der Waals surface area contributed by atoms with Gasteiger partial charge < -0.3 is 15.2 Å². The number of hydrogen-bond acceptors (Lipinski definition) is 7. The number of nitrogens with one attached hydrogen (secondary N) is 2. The van der Waals surface area contributed by atoms with Gasteiger partial charge in [-0.1, -0.05) is 73.6 Å². The molecule has 0 radical (unpaired) electrons. The number of azo groups is 1. The number of amides is 2. The smallest absolute Gasteiger partial charge is 0.276 e. The van der Waals surface area contributed by atoms with Gasteiger partial charge in [-0.05, 0) is 11.8 Å². The summed E-state index contributed by atoms with van der Waals surface area (Å²) in [5.74, 6) is 1.01. The Morgan fingerprint density at radius 3 is 2.76 bits per heavy atom. The average molecular weight is 461 g/mol. The van der Waals surface area contributed by atoms with Gasteiger partial charge in [-0.2, -0.15) is 4.98 Å². The van der Waals surface area contributed by atoms with Crippen molar-refractivity contribution in [1.29, 1.82) is 0 Å². The number of rotatable bonds is 10. The molecule has 2 amide bonds. The molecule has 176 valence electrons. The molecule has 9 heteroatoms. The van der Waals surface area contributed by atoms with Crippen molar-refractivity contribution in [3.8, 4) is 11.4 Å². The molecular weight excluding hydrogens is 432 g/mol. The summed E-state index contributed by atoms with van der Waals surface area (Å²) in [5.41, 5.74) is 1.48. The first-order valence-electron chi connectivity index (χ1n) is 11.3. The van der Waals surface area contributed by atoms with E-state index in [1.54, 1.807) is 0 Å². The Hall–Kier alpha value is -3.88. The number of hydrogen-bond donors (Lipinski definition) is 2. The minimum absolute atomic E-state index is 0.0266. The van der Waals surface area contributed by atoms with Crippen molar-refractivity contribution in [1.82, 2.24) is 20.8 Å². The number of carbonyl (C=O) groups is 2. The van der Waals surface area contributed by atoms with Crippen LogP contribution in [0.4, 0.5) is 0 Å². The zero-order valence-corrected chi connectivity index (χ0v) is 19.3. The van der Waals surface area contributed by atoms with Crippen molar-refractivity contribution < 1.29 is 14.1 Å². The Kier molecular flexibility index (Phi) is 7.10. The third kappa shape index (κ3) is 5.92. The second-order valence-corrected chi connectivity index (χ2v) is 9.09. The summed E-state index contributed by atoms with van der Waals surface area (Å²) in [5, 5.41) is 18.1. The number of aromatic nitrogens is 2. The van der Waals surface area contributed by atoms with E-state index in [0.717, 1.165) is 11.1 Å². The van der Waals surface area contributed by atoms with Crippen molar-refractivity contribution in [2.75, 3.05) is 13.1 Å². The van der Waals surface area contributed by atoms with E-state index in [0.29, 0.717) is 49.9 Å². The maximum atomic E-state index is 12.3. The van der Waals surface area contributed by atoms with Crippen LogP contribution < -0.4 is 10.6 Å². The molecule has 1 aliphatic heterocycles. The third-order valence-corrected chi connectivity index (χ3v) is 5.61. The minimum atomic E-state index is -0.379. The molecule has 34 heavy (non-hydrogen) atoms. The van der Waals surface area contributed by atoms with E-state index >= 15 is 0 Å². The van der Waals surface area contributed by atoms with Crippen LogP contribution in [-0.4, -0.2) is 35.0 Å². The summed E-state index contributed by atoms with van der Waals surface area (Å²) in [6.45, 7) is 5.16. The van der Waals surface area contributed by atoms with Crippen molar-refractivity contribution in [3.05, 3.63) is 71.9 Å². The van der Waals surface area contributed by atoms with Crippen molar-refractivity contribution in [2.45, 2.75) is 33.1 Å². The summed E-state index contributed by atoms with van der Waals surface area (Å²) in [7, 11) is 0. The Bertz CT molecular complexity index is 1160. The van der Waals surface area contributed by atoms with Crippen LogP contribution in [0.5, 0.6) is 0 Å². The van der Waals surface area contributed by atoms with E-state index in [1.807, 2.05) is 68.5 Å². The molecule has 1 aromatic carbocycles. The lowest BCUT2D eigenvalue weighted by atomic mass is 9.91. The highest BCUT2D eigenvalue weighted by Gasteiger charge is 2.28. The standard InChI is InChI=1S/C25H28N6O3/c1-25(2,16-27-23-18-11-6-7-12-19(18)24(33)30-29-23)15-26-20(32)13-8-14-21-28-22(31-34-21)17-9-4-3-5-10-17/h3-7,9-12,19,27H,8,13-16H2,1-2H3,(H,26,32). The second-order valence-electron chi connectivity index (χ2n) is 9.09. The first kappa shape index (κ1) is 23.3. The van der Waals surface area contributed by atoms with Gasteiger partial charge in [0, 0.05) is 37.1 Å². The van der Waals surface area contributed by atoms with Crippen molar-refractivity contribution in [2.24, 2.45) is 21.6 Å². The number of allylic oxidation sites excluding steroid dienone is 3. The molecule has 2 aliphatic rings. The molecule has 2 heterocycles. The lowest BCUT2D eigenvalue weighted by molar-refractivity contribution is -0.122. The van der Waals surface area contributed by atoms with Gasteiger partial charge in [0.2, 0.25) is 17.6 Å². The van der Waals surface area contributed by atoms with Crippen LogP contribution >= 0.6 is 0 Å². The monoisotopic (exact) mass is 460 g/mol. The highest BCUT2D eigenvalue weighted by molar-refractivity contribution is 5.86. The third-order valence-electron chi connectivity index (χ3n) is 5.61. The van der Waals surface area contributed by atoms with Gasteiger partial charge >= 0.3 is 0 Å². The van der Waals surface area contributed by atoms with Crippen molar-refractivity contribution in [3.63, 3.8) is 0 Å². The number of nitrogens with zero attached hydrogens (tertiary/aromatic N) is 4. The highest BCUT2D eigenvalue weighted by atomic mass is 16.5. The molecule has 0 fully saturated rings. The maximum absolute atomic E-state index is 12.3. The quantitative estimate of drug-likeness (QED) is 0.557. The lowest BCUT2D eigenvalue weighted by Crippen LogP contribution is -2.40. The number of aryl methyl sites for hydroxylation is 1. The predicted octanol–water partition coefficient (Wildman–Crippen LogP) is 3.74. The lowest BCUT2D eigenvalue weighted by Gasteiger charge is -2.27. The van der Waals surface area contributed by atoms with Gasteiger partial charge in [0.05, 0.1) is 5.92 Å². The van der Waals surface area contributed by atoms with E-state index in [9.17, 15) is 9.59 Å². The van der Waals surface area contributed by atoms with Gasteiger partial charge in [0.25, 0.3) is 5.91 Å². The van der Waals surface area contributed by atoms with Crippen LogP contribution in [0.25, 0.3) is 11.4 Å². The van der Waals surface area contributed by atoms with E-state index in [-0.39, 0.29) is 23.1 Å². The summed E-state index contributed by atoms with van der Waals surface area (Å²) in [6.07, 6.45) is 8.95. The number of benzene rings is 1. The number of fused-ring (bicyclic) bond motifs is 1. The zero-order chi connectivity index (χ0) is 24.0. The fourth-order valence-electron chi connectivity index (χ4n) is 3.61. The Morgan fingerprint density at radius 2 is 1.94 bits per heavy atom. The van der Waals surface area contributed by atoms with Crippen LogP contribution in [-0.2, 0) is 16.0 Å². The first-order chi connectivity index (χ1) is 16.4. The normalized spacial score (nSPS) is 17.1. The minimum Gasteiger partial charge on any atom is -0.368 e. The predicted molar refractivity (Wildman–Crippen MR) is 126 cm³/mol. The fourth-order valence-corrected chi connectivity index (χ4v) is 3.61. The average Bonchev–Trinajstić information content (AvgIpc) is 3.32. The molecule has 1 aliphatic carbocycles. The van der Waals surface area contributed by atoms with E-state index in [4.69, 9.17) is 4.52 Å². The first-order valence-corrected chi connectivity index (χ1v) is 11.3. The second kappa shape index (κ2) is 10.4. The van der Waals surface area contributed by atoms with Crippen LogP contribution in [0.3, 0.4) is 0 Å². The van der Waals surface area contributed by atoms with E-state index in [2.05, 4.69) is 31.0 Å². The molecule has 0 bridgehead atoms. The molecule has 1 aromatic heterocycles. The molecular formula is C25H28N6O3. The van der Waals surface area contributed by atoms with Crippen LogP contribution in [0, 0.1) is 11.3 Å². The van der Waals surface area contributed by atoms with Gasteiger partial charge in [-0.25, -0.2) is 0 Å². The summed E-state index contributed by atoms with van der Waals surface area (Å²) in [6, 6.07) is 9.63. The van der Waals surface area contributed by atoms with Crippen molar-refractivity contribution >= 4 is 11.8 Å². The van der Waals surface area contributed by atoms with Gasteiger partial charge in [-0.15, -0.1) is 10.2 Å². The Labute approximate surface area is 198 Å². The fraction of sp³-hybridized carbons (Fsp3) is 0.360. The Balaban J connectivity index is 1.20.